The third-order valence-corrected chi connectivity index (χ3v) is 1.62. The summed E-state index contributed by atoms with van der Waals surface area (Å²) in [5.41, 5.74) is 0. The molecule has 0 aliphatic rings. The average molecular weight is 239 g/mol. The van der Waals surface area contributed by atoms with E-state index in [4.69, 9.17) is 0 Å². The molecule has 0 heterocycles. The summed E-state index contributed by atoms with van der Waals surface area (Å²) in [6, 6.07) is -1.54. The molecule has 0 saturated heterocycles. The Balaban J connectivity index is 0. The van der Waals surface area contributed by atoms with Crippen molar-refractivity contribution in [2.45, 2.75) is 12.5 Å². The number of carboxylic acids is 2. The van der Waals surface area contributed by atoms with Crippen LogP contribution in [-0.4, -0.2) is 73.6 Å². The van der Waals surface area contributed by atoms with E-state index >= 15 is 0 Å². The second-order valence-electron chi connectivity index (χ2n) is 2.56. The van der Waals surface area contributed by atoms with Gasteiger partial charge in [-0.15, -0.1) is 0 Å². The molecule has 0 aliphatic carbocycles. The van der Waals surface area contributed by atoms with E-state index in [9.17, 15) is 24.6 Å². The first-order valence-corrected chi connectivity index (χ1v) is 3.70. The summed E-state index contributed by atoms with van der Waals surface area (Å²) < 4.78 is 0. The van der Waals surface area contributed by atoms with Crippen molar-refractivity contribution in [2.24, 2.45) is 0 Å². The molecule has 0 rings (SSSR count). The zero-order valence-electron chi connectivity index (χ0n) is 8.26. The van der Waals surface area contributed by atoms with Crippen LogP contribution in [0.3, 0.4) is 0 Å². The van der Waals surface area contributed by atoms with Gasteiger partial charge in [0.05, 0.1) is 12.0 Å². The van der Waals surface area contributed by atoms with Gasteiger partial charge in [0, 0.05) is 19.4 Å². The number of amides is 1. The fourth-order valence-electron chi connectivity index (χ4n) is 0.834. The van der Waals surface area contributed by atoms with Gasteiger partial charge in [0.25, 0.3) is 0 Å². The van der Waals surface area contributed by atoms with E-state index in [-0.39, 0.29) is 37.7 Å². The van der Waals surface area contributed by atoms with E-state index in [1.807, 2.05) is 0 Å². The molecule has 0 aromatic carbocycles. The Labute approximate surface area is 117 Å². The summed E-state index contributed by atoms with van der Waals surface area (Å²) in [4.78, 5) is 32.3. The monoisotopic (exact) mass is 239 g/mol. The zero-order chi connectivity index (χ0) is 11.3. The van der Waals surface area contributed by atoms with Crippen molar-refractivity contribution in [2.75, 3.05) is 7.05 Å². The van der Waals surface area contributed by atoms with Crippen molar-refractivity contribution in [1.82, 2.24) is 4.90 Å². The number of carbonyl (C=O) groups is 3. The Kier molecular flexibility index (Phi) is 8.60. The zero-order valence-corrected chi connectivity index (χ0v) is 10.5. The SMILES string of the molecule is C=CC(=O)N(C)[C@@H](CC(=O)[O-])C(=O)[O-].[Ca+2]. The number of aliphatic carboxylic acids is 2. The molecule has 15 heavy (non-hydrogen) atoms. The number of carbonyl (C=O) groups excluding carboxylic acids is 3. The first kappa shape index (κ1) is 16.8. The Morgan fingerprint density at radius 3 is 2.13 bits per heavy atom. The second kappa shape index (κ2) is 7.67. The first-order chi connectivity index (χ1) is 6.40. The summed E-state index contributed by atoms with van der Waals surface area (Å²) in [5, 5.41) is 20.6. The molecule has 0 fully saturated rings. The minimum Gasteiger partial charge on any atom is -0.550 e. The van der Waals surface area contributed by atoms with Gasteiger partial charge in [0.2, 0.25) is 5.91 Å². The summed E-state index contributed by atoms with van der Waals surface area (Å²) in [7, 11) is 1.15. The van der Waals surface area contributed by atoms with E-state index < -0.39 is 30.3 Å². The molecule has 1 atom stereocenters. The van der Waals surface area contributed by atoms with Gasteiger partial charge in [0.1, 0.15) is 0 Å². The molecular formula is C8H9CaNO5. The van der Waals surface area contributed by atoms with Crippen LogP contribution in [0.4, 0.5) is 0 Å². The van der Waals surface area contributed by atoms with E-state index in [1.165, 1.54) is 0 Å². The molecule has 0 N–H and O–H groups in total. The molecule has 0 aliphatic heterocycles. The van der Waals surface area contributed by atoms with Crippen LogP contribution >= 0.6 is 0 Å². The molecular weight excluding hydrogens is 230 g/mol. The van der Waals surface area contributed by atoms with E-state index in [1.54, 1.807) is 0 Å². The standard InChI is InChI=1S/C8H11NO5.Ca/c1-3-6(10)9(2)5(8(13)14)4-7(11)12;/h3,5H,1,4H2,2H3,(H,11,12)(H,13,14);/q;+2/p-2/t5-;/m0./s1. The Bertz CT molecular complexity index is 278. The van der Waals surface area contributed by atoms with Gasteiger partial charge >= 0.3 is 37.7 Å². The number of rotatable bonds is 5. The molecule has 78 valence electrons. The average Bonchev–Trinajstić information content (AvgIpc) is 2.11. The Morgan fingerprint density at radius 1 is 1.40 bits per heavy atom. The summed E-state index contributed by atoms with van der Waals surface area (Å²) >= 11 is 0. The van der Waals surface area contributed by atoms with Gasteiger partial charge in [-0.3, -0.25) is 4.79 Å². The van der Waals surface area contributed by atoms with E-state index in [0.29, 0.717) is 0 Å². The van der Waals surface area contributed by atoms with E-state index in [0.717, 1.165) is 18.0 Å². The molecule has 1 amide bonds. The van der Waals surface area contributed by atoms with Crippen molar-refractivity contribution in [3.8, 4) is 0 Å². The number of carboxylic acid groups (broad SMARTS) is 2. The molecule has 0 radical (unpaired) electrons. The van der Waals surface area contributed by atoms with Crippen LogP contribution in [0.2, 0.25) is 0 Å². The number of likely N-dealkylation sites (N-methyl/N-ethyl adjacent to an activating group) is 1. The number of hydrogen-bond donors (Lipinski definition) is 0. The maximum absolute atomic E-state index is 10.9. The molecule has 0 saturated carbocycles. The van der Waals surface area contributed by atoms with Gasteiger partial charge in [-0.2, -0.15) is 0 Å². The fourth-order valence-corrected chi connectivity index (χ4v) is 0.834. The molecule has 0 spiro atoms. The largest absolute Gasteiger partial charge is 2.00 e. The van der Waals surface area contributed by atoms with Crippen LogP contribution in [0.15, 0.2) is 12.7 Å². The van der Waals surface area contributed by atoms with Crippen LogP contribution in [0.25, 0.3) is 0 Å². The van der Waals surface area contributed by atoms with Crippen LogP contribution < -0.4 is 10.2 Å². The van der Waals surface area contributed by atoms with Crippen molar-refractivity contribution in [3.05, 3.63) is 12.7 Å². The van der Waals surface area contributed by atoms with Crippen molar-refractivity contribution in [3.63, 3.8) is 0 Å². The van der Waals surface area contributed by atoms with Crippen LogP contribution in [-0.2, 0) is 14.4 Å². The predicted octanol–water partition coefficient (Wildman–Crippen LogP) is -3.49. The second-order valence-corrected chi connectivity index (χ2v) is 2.56. The maximum atomic E-state index is 10.9. The van der Waals surface area contributed by atoms with Gasteiger partial charge < -0.3 is 24.7 Å². The van der Waals surface area contributed by atoms with Crippen LogP contribution in [0, 0.1) is 0 Å². The van der Waals surface area contributed by atoms with Crippen LogP contribution in [0.1, 0.15) is 6.42 Å². The Hall–Kier alpha value is -0.590. The van der Waals surface area contributed by atoms with Crippen molar-refractivity contribution in [1.29, 1.82) is 0 Å². The van der Waals surface area contributed by atoms with Gasteiger partial charge in [-0.1, -0.05) is 6.58 Å². The maximum Gasteiger partial charge on any atom is 2.00 e. The molecule has 0 aromatic rings. The summed E-state index contributed by atoms with van der Waals surface area (Å²) in [6.07, 6.45) is 0.0730. The molecule has 6 nitrogen and oxygen atoms in total. The summed E-state index contributed by atoms with van der Waals surface area (Å²) in [6.45, 7) is 3.13. The first-order valence-electron chi connectivity index (χ1n) is 3.70. The van der Waals surface area contributed by atoms with E-state index in [2.05, 4.69) is 6.58 Å². The number of nitrogens with zero attached hydrogens (tertiary/aromatic N) is 1. The predicted molar refractivity (Wildman–Crippen MR) is 47.1 cm³/mol. The van der Waals surface area contributed by atoms with Crippen molar-refractivity contribution < 1.29 is 24.6 Å². The van der Waals surface area contributed by atoms with Gasteiger partial charge in [-0.05, 0) is 6.08 Å². The fraction of sp³-hybridized carbons (Fsp3) is 0.375. The molecule has 0 aromatic heterocycles. The summed E-state index contributed by atoms with van der Waals surface area (Å²) in [5.74, 6) is -3.91. The topological polar surface area (TPSA) is 101 Å². The van der Waals surface area contributed by atoms with Gasteiger partial charge in [0.15, 0.2) is 0 Å². The molecule has 0 unspecified atom stereocenters. The normalized spacial score (nSPS) is 10.7. The van der Waals surface area contributed by atoms with Crippen LogP contribution in [0.5, 0.6) is 0 Å². The van der Waals surface area contributed by atoms with Crippen molar-refractivity contribution >= 4 is 55.6 Å². The minimum atomic E-state index is -1.65. The third kappa shape index (κ3) is 5.76. The quantitative estimate of drug-likeness (QED) is 0.366. The third-order valence-electron chi connectivity index (χ3n) is 1.62. The Morgan fingerprint density at radius 2 is 1.87 bits per heavy atom. The smallest absolute Gasteiger partial charge is 0.550 e. The number of hydrogen-bond acceptors (Lipinski definition) is 5. The van der Waals surface area contributed by atoms with Gasteiger partial charge in [-0.25, -0.2) is 0 Å². The minimum absolute atomic E-state index is 0. The molecule has 0 bridgehead atoms. The molecule has 7 heteroatoms.